The van der Waals surface area contributed by atoms with E-state index in [1.807, 2.05) is 0 Å². The molecular weight excluding hydrogens is 303 g/mol. The number of hydrogen-bond donors (Lipinski definition) is 0. The van der Waals surface area contributed by atoms with E-state index in [1.54, 1.807) is 0 Å². The van der Waals surface area contributed by atoms with Crippen molar-refractivity contribution in [2.24, 2.45) is 0 Å². The molecule has 0 rings (SSSR count). The average molecular weight is 306 g/mol. The Bertz CT molecular complexity index is 13.5. The molecule has 0 aromatic carbocycles. The van der Waals surface area contributed by atoms with Gasteiger partial charge in [-0.1, -0.05) is 0 Å². The van der Waals surface area contributed by atoms with Crippen LogP contribution in [0.3, 0.4) is 0 Å². The fraction of sp³-hybridized carbons (Fsp3) is 0. The molecule has 1 nitrogen and oxygen atoms in total. The minimum absolute atomic E-state index is 0. The van der Waals surface area contributed by atoms with Crippen molar-refractivity contribution in [1.29, 1.82) is 0 Å². The summed E-state index contributed by atoms with van der Waals surface area (Å²) in [4.78, 5) is 0. The van der Waals surface area contributed by atoms with E-state index < -0.39 is 0 Å². The predicted molar refractivity (Wildman–Crippen MR) is 8.66 cm³/mol. The first-order valence-corrected chi connectivity index (χ1v) is 0.561. The first-order chi connectivity index (χ1) is 1.00. The smallest absolute Gasteiger partial charge is 0 e. The molecule has 0 amide bonds. The third-order valence-electron chi connectivity index (χ3n) is 0. The molecule has 0 aliphatic carbocycles. The second-order valence-corrected chi connectivity index (χ2v) is 0. The average Bonchev–Trinajstić information content (AvgIpc) is 1.00. The van der Waals surface area contributed by atoms with Crippen LogP contribution in [0, 0.1) is 0 Å². The van der Waals surface area contributed by atoms with Crippen LogP contribution in [0.25, 0.3) is 0 Å². The Labute approximate surface area is 95.2 Å². The summed E-state index contributed by atoms with van der Waals surface area (Å²) in [6.07, 6.45) is 0. The van der Waals surface area contributed by atoms with Crippen molar-refractivity contribution < 1.29 is 48.6 Å². The van der Waals surface area contributed by atoms with E-state index in [1.165, 1.54) is 0 Å². The molecule has 4 heteroatoms. The monoisotopic (exact) mass is 305 g/mol. The van der Waals surface area contributed by atoms with Crippen LogP contribution in [0.15, 0.2) is 0 Å². The van der Waals surface area contributed by atoms with E-state index in [0.717, 1.165) is 0 Å². The van der Waals surface area contributed by atoms with Gasteiger partial charge >= 0.3 is 68.4 Å². The van der Waals surface area contributed by atoms with Crippen molar-refractivity contribution in [2.45, 2.75) is 0 Å². The van der Waals surface area contributed by atoms with Crippen molar-refractivity contribution in [2.75, 3.05) is 0 Å². The molecule has 0 saturated carbocycles. The maximum absolute atomic E-state index is 7.94. The van der Waals surface area contributed by atoms with Crippen LogP contribution in [0.4, 0.5) is 0 Å². The summed E-state index contributed by atoms with van der Waals surface area (Å²) in [6, 6.07) is 0. The van der Waals surface area contributed by atoms with Crippen molar-refractivity contribution in [3.63, 3.8) is 0 Å². The largest absolute Gasteiger partial charge is 0 e. The van der Waals surface area contributed by atoms with Crippen LogP contribution in [-0.4, -0.2) is 48.9 Å². The third kappa shape index (κ3) is 8.83. The molecule has 0 saturated heterocycles. The van der Waals surface area contributed by atoms with Crippen LogP contribution in [0.5, 0.6) is 0 Å². The summed E-state index contributed by atoms with van der Waals surface area (Å²) >= 11 is 2.31. The van der Waals surface area contributed by atoms with Crippen LogP contribution in [0.2, 0.25) is 0 Å². The molecule has 0 atom stereocenters. The third-order valence-corrected chi connectivity index (χ3v) is 0. The fourth-order valence-electron chi connectivity index (χ4n) is 0. The summed E-state index contributed by atoms with van der Waals surface area (Å²) in [7, 11) is 0. The van der Waals surface area contributed by atoms with Gasteiger partial charge in [0.05, 0.1) is 0 Å². The Balaban J connectivity index is -0.000000000833. The van der Waals surface area contributed by atoms with E-state index in [9.17, 15) is 0 Å². The van der Waals surface area contributed by atoms with Crippen molar-refractivity contribution in [3.8, 4) is 0 Å². The molecule has 0 heterocycles. The summed E-state index contributed by atoms with van der Waals surface area (Å²) < 4.78 is 7.94. The topological polar surface area (TPSA) is 17.1 Å². The van der Waals surface area contributed by atoms with Crippen LogP contribution < -0.4 is 0 Å². The molecule has 0 fully saturated rings. The minimum Gasteiger partial charge on any atom is 0 e. The second kappa shape index (κ2) is 17.1. The van der Waals surface area contributed by atoms with Gasteiger partial charge in [0.25, 0.3) is 0 Å². The summed E-state index contributed by atoms with van der Waals surface area (Å²) in [6.45, 7) is 0. The van der Waals surface area contributed by atoms with Gasteiger partial charge in [0.2, 0.25) is 0 Å². The predicted octanol–water partition coefficient (Wildman–Crippen LogP) is -0.280. The van der Waals surface area contributed by atoms with Gasteiger partial charge < -0.3 is 2.85 Å². The Kier molecular flexibility index (Phi) is 67.9. The van der Waals surface area contributed by atoms with Crippen LogP contribution in [0.1, 0.15) is 2.85 Å². The Morgan fingerprint density at radius 1 is 1.50 bits per heavy atom. The maximum atomic E-state index is 7.94. The molecule has 0 aliphatic heterocycles. The molecular formula is H2BaCoOZr. The molecule has 0 radical (unpaired) electrons. The van der Waals surface area contributed by atoms with Gasteiger partial charge in [-0.25, -0.2) is 0 Å². The van der Waals surface area contributed by atoms with Gasteiger partial charge in [0.15, 0.2) is 0 Å². The van der Waals surface area contributed by atoms with E-state index >= 15 is 0 Å². The summed E-state index contributed by atoms with van der Waals surface area (Å²) in [5.74, 6) is 0. The van der Waals surface area contributed by atoms with Gasteiger partial charge in [-0.05, 0) is 0 Å². The maximum Gasteiger partial charge on any atom is 0 e. The van der Waals surface area contributed by atoms with Gasteiger partial charge in [0.1, 0.15) is 0 Å². The van der Waals surface area contributed by atoms with E-state index in [0.29, 0.717) is 0 Å². The first kappa shape index (κ1) is 15.9. The quantitative estimate of drug-likeness (QED) is 0.563. The van der Waals surface area contributed by atoms with Gasteiger partial charge in [-0.3, -0.25) is 0 Å². The molecule has 0 aromatic rings. The van der Waals surface area contributed by atoms with Crippen molar-refractivity contribution in [3.05, 3.63) is 0 Å². The van der Waals surface area contributed by atoms with Crippen LogP contribution in [-0.2, 0) is 45.7 Å². The number of rotatable bonds is 0. The molecule has 0 spiro atoms. The zero-order valence-electron chi connectivity index (χ0n) is 3.95. The summed E-state index contributed by atoms with van der Waals surface area (Å²) in [5, 5.41) is 0. The van der Waals surface area contributed by atoms with Crippen molar-refractivity contribution >= 4 is 48.9 Å². The Hall–Kier alpha value is 2.76. The second-order valence-electron chi connectivity index (χ2n) is 0. The SMILES string of the molecule is [Ba+2].[H-].[H-].[O]=[Co].[Zr]. The molecule has 0 aromatic heterocycles. The minimum atomic E-state index is 0. The zero-order chi connectivity index (χ0) is 2.00. The Morgan fingerprint density at radius 3 is 1.50 bits per heavy atom. The van der Waals surface area contributed by atoms with Gasteiger partial charge in [0, 0.05) is 26.2 Å². The van der Waals surface area contributed by atoms with Crippen LogP contribution >= 0.6 is 0 Å². The molecule has 0 unspecified atom stereocenters. The summed E-state index contributed by atoms with van der Waals surface area (Å²) in [5.41, 5.74) is 0. The molecule has 23 valence electrons. The zero-order valence-corrected chi connectivity index (χ0v) is 9.89. The van der Waals surface area contributed by atoms with E-state index in [4.69, 9.17) is 3.87 Å². The molecule has 0 aliphatic rings. The Morgan fingerprint density at radius 2 is 1.50 bits per heavy atom. The van der Waals surface area contributed by atoms with Crippen molar-refractivity contribution in [1.82, 2.24) is 0 Å². The fourth-order valence-corrected chi connectivity index (χ4v) is 0. The normalized spacial score (nSPS) is 1.25. The standard InChI is InChI=1S/Ba.Co.O.Zr.2H/q+2;;;;2*-1. The van der Waals surface area contributed by atoms with E-state index in [-0.39, 0.29) is 77.9 Å². The molecule has 0 N–H and O–H groups in total. The number of hydrogen-bond acceptors (Lipinski definition) is 1. The molecule has 4 heavy (non-hydrogen) atoms. The van der Waals surface area contributed by atoms with Gasteiger partial charge in [-0.15, -0.1) is 0 Å². The first-order valence-electron chi connectivity index (χ1n) is 0.136. The molecule has 0 bridgehead atoms. The van der Waals surface area contributed by atoms with E-state index in [2.05, 4.69) is 15.7 Å². The van der Waals surface area contributed by atoms with Gasteiger partial charge in [-0.2, -0.15) is 0 Å².